The van der Waals surface area contributed by atoms with Gasteiger partial charge in [-0.05, 0) is 26.3 Å². The fraction of sp³-hybridized carbons (Fsp3) is 0.471. The molecular weight excluding hydrogens is 304 g/mol. The Balaban J connectivity index is 1.50. The molecule has 4 heterocycles. The van der Waals surface area contributed by atoms with Crippen molar-refractivity contribution >= 4 is 5.65 Å². The molecule has 0 radical (unpaired) electrons. The highest BCUT2D eigenvalue weighted by molar-refractivity contribution is 5.36. The molecule has 3 aromatic heterocycles. The number of imidazole rings is 1. The quantitative estimate of drug-likeness (QED) is 0.778. The summed E-state index contributed by atoms with van der Waals surface area (Å²) in [5.41, 5.74) is 3.13. The SMILES string of the molecule is CC(C)n1nccc1[C@H]1OCC[C@@H]1NCc1cnc2cnccn12. The normalized spacial score (nSPS) is 21.1. The van der Waals surface area contributed by atoms with Gasteiger partial charge in [0.05, 0.1) is 23.8 Å². The number of hydrogen-bond donors (Lipinski definition) is 1. The van der Waals surface area contributed by atoms with Crippen LogP contribution in [0.3, 0.4) is 0 Å². The third kappa shape index (κ3) is 2.70. The first-order chi connectivity index (χ1) is 11.7. The van der Waals surface area contributed by atoms with Gasteiger partial charge in [-0.1, -0.05) is 0 Å². The summed E-state index contributed by atoms with van der Waals surface area (Å²) < 4.78 is 10.1. The average Bonchev–Trinajstić information content (AvgIpc) is 3.31. The van der Waals surface area contributed by atoms with Gasteiger partial charge in [0.1, 0.15) is 6.10 Å². The highest BCUT2D eigenvalue weighted by Gasteiger charge is 2.32. The molecule has 0 aromatic carbocycles. The molecule has 0 unspecified atom stereocenters. The Labute approximate surface area is 140 Å². The highest BCUT2D eigenvalue weighted by atomic mass is 16.5. The summed E-state index contributed by atoms with van der Waals surface area (Å²) in [6.07, 6.45) is 10.3. The molecule has 1 N–H and O–H groups in total. The van der Waals surface area contributed by atoms with Crippen molar-refractivity contribution in [3.63, 3.8) is 0 Å². The minimum atomic E-state index is 0.0377. The second-order valence-corrected chi connectivity index (χ2v) is 6.42. The zero-order valence-electron chi connectivity index (χ0n) is 14.0. The van der Waals surface area contributed by atoms with Crippen molar-refractivity contribution in [3.8, 4) is 0 Å². The van der Waals surface area contributed by atoms with Crippen LogP contribution in [-0.4, -0.2) is 36.8 Å². The smallest absolute Gasteiger partial charge is 0.155 e. The predicted octanol–water partition coefficient (Wildman–Crippen LogP) is 2.13. The Morgan fingerprint density at radius 3 is 3.12 bits per heavy atom. The molecule has 24 heavy (non-hydrogen) atoms. The topological polar surface area (TPSA) is 69.3 Å². The maximum absolute atomic E-state index is 6.00. The van der Waals surface area contributed by atoms with Crippen LogP contribution in [0.5, 0.6) is 0 Å². The van der Waals surface area contributed by atoms with Gasteiger partial charge in [-0.3, -0.25) is 14.1 Å². The van der Waals surface area contributed by atoms with Gasteiger partial charge in [0.15, 0.2) is 5.65 Å². The number of nitrogens with zero attached hydrogens (tertiary/aromatic N) is 5. The van der Waals surface area contributed by atoms with Crippen LogP contribution >= 0.6 is 0 Å². The maximum Gasteiger partial charge on any atom is 0.155 e. The van der Waals surface area contributed by atoms with Gasteiger partial charge in [-0.15, -0.1) is 0 Å². The van der Waals surface area contributed by atoms with E-state index in [1.165, 1.54) is 0 Å². The highest BCUT2D eigenvalue weighted by Crippen LogP contribution is 2.30. The summed E-state index contributed by atoms with van der Waals surface area (Å²) in [4.78, 5) is 8.49. The Hall–Kier alpha value is -2.25. The van der Waals surface area contributed by atoms with E-state index in [9.17, 15) is 0 Å². The number of aromatic nitrogens is 5. The summed E-state index contributed by atoms with van der Waals surface area (Å²) >= 11 is 0. The van der Waals surface area contributed by atoms with Gasteiger partial charge in [0.2, 0.25) is 0 Å². The maximum atomic E-state index is 6.00. The van der Waals surface area contributed by atoms with Crippen LogP contribution in [0.25, 0.3) is 5.65 Å². The van der Waals surface area contributed by atoms with Crippen LogP contribution in [0.4, 0.5) is 0 Å². The van der Waals surface area contributed by atoms with Gasteiger partial charge in [-0.2, -0.15) is 5.10 Å². The molecule has 1 aliphatic heterocycles. The largest absolute Gasteiger partial charge is 0.370 e. The fourth-order valence-electron chi connectivity index (χ4n) is 3.33. The van der Waals surface area contributed by atoms with Gasteiger partial charge >= 0.3 is 0 Å². The van der Waals surface area contributed by atoms with Crippen molar-refractivity contribution in [2.75, 3.05) is 6.61 Å². The van der Waals surface area contributed by atoms with E-state index in [-0.39, 0.29) is 12.1 Å². The molecule has 0 aliphatic carbocycles. The van der Waals surface area contributed by atoms with E-state index in [1.807, 2.05) is 23.3 Å². The molecule has 126 valence electrons. The van der Waals surface area contributed by atoms with Crippen LogP contribution in [0.2, 0.25) is 0 Å². The summed E-state index contributed by atoms with van der Waals surface area (Å²) in [5.74, 6) is 0. The molecule has 3 aromatic rings. The standard InChI is InChI=1S/C17H22N6O/c1-12(2)23-15(3-5-21-23)17-14(4-8-24-17)19-9-13-10-20-16-11-18-6-7-22(13)16/h3,5-7,10-12,14,17,19H,4,8-9H2,1-2H3/t14-,17-/m0/s1. The molecule has 7 nitrogen and oxygen atoms in total. The van der Waals surface area contributed by atoms with Crippen LogP contribution < -0.4 is 5.32 Å². The molecule has 2 atom stereocenters. The Morgan fingerprint density at radius 2 is 2.25 bits per heavy atom. The lowest BCUT2D eigenvalue weighted by atomic mass is 10.1. The minimum Gasteiger partial charge on any atom is -0.370 e. The summed E-state index contributed by atoms with van der Waals surface area (Å²) in [6.45, 7) is 5.79. The first-order valence-corrected chi connectivity index (χ1v) is 8.38. The van der Waals surface area contributed by atoms with Crippen molar-refractivity contribution in [2.24, 2.45) is 0 Å². The van der Waals surface area contributed by atoms with Crippen LogP contribution in [0, 0.1) is 0 Å². The van der Waals surface area contributed by atoms with Crippen LogP contribution in [0.1, 0.15) is 43.8 Å². The first kappa shape index (κ1) is 15.3. The monoisotopic (exact) mass is 326 g/mol. The van der Waals surface area contributed by atoms with Gasteiger partial charge in [-0.25, -0.2) is 4.98 Å². The molecule has 0 bridgehead atoms. The van der Waals surface area contributed by atoms with Gasteiger partial charge in [0.25, 0.3) is 0 Å². The lowest BCUT2D eigenvalue weighted by Crippen LogP contribution is -2.32. The molecule has 0 amide bonds. The number of fused-ring (bicyclic) bond motifs is 1. The lowest BCUT2D eigenvalue weighted by molar-refractivity contribution is 0.0898. The average molecular weight is 326 g/mol. The van der Waals surface area contributed by atoms with Crippen LogP contribution in [-0.2, 0) is 11.3 Å². The Kier molecular flexibility index (Phi) is 4.03. The van der Waals surface area contributed by atoms with E-state index in [1.54, 1.807) is 12.4 Å². The summed E-state index contributed by atoms with van der Waals surface area (Å²) in [6, 6.07) is 2.66. The molecule has 7 heteroatoms. The second kappa shape index (κ2) is 6.33. The van der Waals surface area contributed by atoms with Crippen molar-refractivity contribution in [3.05, 3.63) is 48.4 Å². The van der Waals surface area contributed by atoms with E-state index in [2.05, 4.69) is 44.7 Å². The van der Waals surface area contributed by atoms with E-state index >= 15 is 0 Å². The number of ether oxygens (including phenoxy) is 1. The van der Waals surface area contributed by atoms with E-state index in [0.29, 0.717) is 6.04 Å². The lowest BCUT2D eigenvalue weighted by Gasteiger charge is -2.22. The zero-order valence-corrected chi connectivity index (χ0v) is 14.0. The third-order valence-corrected chi connectivity index (χ3v) is 4.51. The van der Waals surface area contributed by atoms with Crippen molar-refractivity contribution < 1.29 is 4.74 Å². The molecule has 4 rings (SSSR count). The van der Waals surface area contributed by atoms with Gasteiger partial charge in [0, 0.05) is 43.8 Å². The molecular formula is C17H22N6O. The Morgan fingerprint density at radius 1 is 1.33 bits per heavy atom. The van der Waals surface area contributed by atoms with E-state index in [0.717, 1.165) is 36.6 Å². The molecule has 1 aliphatic rings. The Bertz CT molecular complexity index is 823. The molecule has 0 saturated carbocycles. The number of rotatable bonds is 5. The molecule has 1 fully saturated rings. The summed E-state index contributed by atoms with van der Waals surface area (Å²) in [5, 5.41) is 8.07. The van der Waals surface area contributed by atoms with Gasteiger partial charge < -0.3 is 10.1 Å². The van der Waals surface area contributed by atoms with Crippen LogP contribution in [0.15, 0.2) is 37.1 Å². The molecule has 0 spiro atoms. The van der Waals surface area contributed by atoms with E-state index in [4.69, 9.17) is 4.74 Å². The summed E-state index contributed by atoms with van der Waals surface area (Å²) in [7, 11) is 0. The van der Waals surface area contributed by atoms with Crippen molar-refractivity contribution in [1.29, 1.82) is 0 Å². The molecule has 1 saturated heterocycles. The zero-order chi connectivity index (χ0) is 16.5. The fourth-order valence-corrected chi connectivity index (χ4v) is 3.33. The minimum absolute atomic E-state index is 0.0377. The predicted molar refractivity (Wildman–Crippen MR) is 89.5 cm³/mol. The third-order valence-electron chi connectivity index (χ3n) is 4.51. The van der Waals surface area contributed by atoms with Crippen molar-refractivity contribution in [2.45, 2.75) is 45.0 Å². The first-order valence-electron chi connectivity index (χ1n) is 8.38. The number of hydrogen-bond acceptors (Lipinski definition) is 5. The van der Waals surface area contributed by atoms with Crippen molar-refractivity contribution in [1.82, 2.24) is 29.5 Å². The second-order valence-electron chi connectivity index (χ2n) is 6.42. The number of nitrogens with one attached hydrogen (secondary N) is 1. The van der Waals surface area contributed by atoms with E-state index < -0.39 is 0 Å².